The summed E-state index contributed by atoms with van der Waals surface area (Å²) in [7, 11) is 21.5. The van der Waals surface area contributed by atoms with Crippen LogP contribution in [0.3, 0.4) is 0 Å². The number of hydrogen-bond acceptors (Lipinski definition) is 22. The second kappa shape index (κ2) is 31.7. The fourth-order valence-corrected chi connectivity index (χ4v) is 12.3. The van der Waals surface area contributed by atoms with E-state index in [4.69, 9.17) is 16.3 Å². The molecule has 2 aliphatic rings. The summed E-state index contributed by atoms with van der Waals surface area (Å²) in [5, 5.41) is 18.5. The zero-order valence-corrected chi connectivity index (χ0v) is 64.1. The van der Waals surface area contributed by atoms with E-state index >= 15 is 0 Å². The minimum absolute atomic E-state index is 0.105. The molecule has 2 amide bonds. The zero-order chi connectivity index (χ0) is 78.7. The van der Waals surface area contributed by atoms with Gasteiger partial charge in [-0.05, 0) is 96.1 Å². The number of thiophene rings is 1. The number of hydrogen-bond donors (Lipinski definition) is 8. The Labute approximate surface area is 631 Å². The number of aryl methyl sites for hydroxylation is 5. The van der Waals surface area contributed by atoms with E-state index in [9.17, 15) is 38.4 Å². The molecule has 34 nitrogen and oxygen atoms in total. The maximum atomic E-state index is 12.5. The molecule has 0 fully saturated rings. The number of methoxy groups -OCH3 is 1. The number of halogens is 1. The van der Waals surface area contributed by atoms with E-state index in [2.05, 4.69) is 106 Å². The van der Waals surface area contributed by atoms with Crippen LogP contribution in [0.25, 0.3) is 33.5 Å². The molecule has 0 spiro atoms. The number of H-pyrrole nitrogens is 3. The molecule has 0 atom stereocenters. The van der Waals surface area contributed by atoms with E-state index in [1.165, 1.54) is 55.8 Å². The quantitative estimate of drug-likeness (QED) is 0.0526. The number of para-hydroxylation sites is 1. The molecule has 0 bridgehead atoms. The van der Waals surface area contributed by atoms with E-state index in [-0.39, 0.29) is 23.1 Å². The first-order valence-corrected chi connectivity index (χ1v) is 34.9. The van der Waals surface area contributed by atoms with Gasteiger partial charge in [0.2, 0.25) is 29.7 Å². The number of carbonyl (C=O) groups excluding carboxylic acids is 2. The van der Waals surface area contributed by atoms with Crippen molar-refractivity contribution in [2.45, 2.75) is 33.5 Å². The van der Waals surface area contributed by atoms with E-state index in [1.54, 1.807) is 75.0 Å². The number of rotatable bonds is 14. The second-order valence-corrected chi connectivity index (χ2v) is 27.0. The van der Waals surface area contributed by atoms with Gasteiger partial charge in [-0.2, -0.15) is 24.9 Å². The van der Waals surface area contributed by atoms with E-state index in [1.807, 2.05) is 128 Å². The van der Waals surface area contributed by atoms with Crippen LogP contribution in [0.1, 0.15) is 48.1 Å². The van der Waals surface area contributed by atoms with Crippen LogP contribution in [-0.2, 0) is 76.0 Å². The number of imidazole rings is 5. The Morgan fingerprint density at radius 1 is 0.440 bits per heavy atom. The van der Waals surface area contributed by atoms with Gasteiger partial charge in [-0.25, -0.2) is 14.4 Å². The van der Waals surface area contributed by atoms with Crippen LogP contribution in [0.4, 0.5) is 52.8 Å². The summed E-state index contributed by atoms with van der Waals surface area (Å²) in [6.07, 6.45) is 0. The second-order valence-electron chi connectivity index (χ2n) is 25.5. The number of anilines is 9. The number of nitrogens with zero attached hydrogens (tertiary/aromatic N) is 17. The number of ether oxygens (including phenoxy) is 1. The Hall–Kier alpha value is -13.4. The molecule has 0 unspecified atom stereocenters. The average Bonchev–Trinajstić information content (AvgIpc) is 1.67. The van der Waals surface area contributed by atoms with Crippen LogP contribution < -0.4 is 74.9 Å². The Morgan fingerprint density at radius 3 is 1.24 bits per heavy atom. The molecule has 566 valence electrons. The topological polar surface area (TPSA) is 370 Å². The molecule has 13 aromatic rings. The lowest BCUT2D eigenvalue weighted by molar-refractivity contribution is 0.0809. The lowest BCUT2D eigenvalue weighted by atomic mass is 10.1. The molecule has 36 heteroatoms. The molecule has 4 aromatic carbocycles. The number of carbonyl (C=O) groups is 2. The Morgan fingerprint density at radius 2 is 0.844 bits per heavy atom. The van der Waals surface area contributed by atoms with Crippen molar-refractivity contribution in [3.63, 3.8) is 0 Å². The van der Waals surface area contributed by atoms with Crippen molar-refractivity contribution in [2.75, 3.05) is 71.7 Å². The SMILES string of the molecule is C=C1N(C)C(=O)c2c(nc(Nc3ccc(C)c(C)c3)n2C)N1C.C=C1N(C)C(=O)c2c(nc(Nc3ccccc3)n2C)N1C.COc1ccc(CNc2nc3c([nH]2)c(=O)n(C)c(=O)n3C)cc1.Cn1c(=O)c2[nH]c(NCc3ccc(Cl)cc3)nc2n(C)c1=O.Cn1c(=O)c2[nH]c(NCc3cccs3)nc2n(C)c1=O. The minimum Gasteiger partial charge on any atom is -0.497 e. The highest BCUT2D eigenvalue weighted by Gasteiger charge is 2.36. The zero-order valence-electron chi connectivity index (χ0n) is 62.6. The van der Waals surface area contributed by atoms with E-state index in [0.717, 1.165) is 46.8 Å². The van der Waals surface area contributed by atoms with Crippen molar-refractivity contribution < 1.29 is 14.3 Å². The van der Waals surface area contributed by atoms with E-state index in [0.29, 0.717) is 123 Å². The summed E-state index contributed by atoms with van der Waals surface area (Å²) in [5.41, 5.74) is 7.01. The third-order valence-corrected chi connectivity index (χ3v) is 19.6. The summed E-state index contributed by atoms with van der Waals surface area (Å²) >= 11 is 7.47. The summed E-state index contributed by atoms with van der Waals surface area (Å²) in [6.45, 7) is 13.6. The molecule has 9 aromatic heterocycles. The van der Waals surface area contributed by atoms with Gasteiger partial charge in [-0.15, -0.1) is 11.3 Å². The Kier molecular flexibility index (Phi) is 22.3. The van der Waals surface area contributed by atoms with Gasteiger partial charge in [0.1, 0.15) is 17.4 Å². The predicted octanol–water partition coefficient (Wildman–Crippen LogP) is 7.37. The van der Waals surface area contributed by atoms with Gasteiger partial charge >= 0.3 is 17.1 Å². The maximum absolute atomic E-state index is 12.5. The first-order chi connectivity index (χ1) is 51.9. The number of aromatic nitrogens is 16. The Bertz CT molecular complexity index is 6030. The third-order valence-electron chi connectivity index (χ3n) is 18.4. The molecular weight excluding hydrogens is 1440 g/mol. The van der Waals surface area contributed by atoms with Crippen molar-refractivity contribution in [1.82, 2.24) is 86.2 Å². The predicted molar refractivity (Wildman–Crippen MR) is 425 cm³/mol. The molecule has 2 aliphatic heterocycles. The monoisotopic (exact) mass is 1520 g/mol. The van der Waals surface area contributed by atoms with Crippen molar-refractivity contribution in [3.8, 4) is 5.75 Å². The third kappa shape index (κ3) is 15.6. The molecule has 0 saturated carbocycles. The first-order valence-electron chi connectivity index (χ1n) is 33.7. The molecule has 0 saturated heterocycles. The van der Waals surface area contributed by atoms with E-state index < -0.39 is 22.5 Å². The molecule has 11 heterocycles. The number of amides is 2. The van der Waals surface area contributed by atoms with Crippen molar-refractivity contribution >= 4 is 121 Å². The fourth-order valence-electron chi connectivity index (χ4n) is 11.5. The van der Waals surface area contributed by atoms with Crippen LogP contribution in [0, 0.1) is 13.8 Å². The average molecular weight is 1520 g/mol. The Balaban J connectivity index is 0.000000135. The normalized spacial score (nSPS) is 12.4. The first kappa shape index (κ1) is 76.7. The summed E-state index contributed by atoms with van der Waals surface area (Å²) in [5.74, 6) is 5.62. The molecule has 15 rings (SSSR count). The number of nitrogens with one attached hydrogen (secondary N) is 8. The van der Waals surface area contributed by atoms with Gasteiger partial charge in [0.25, 0.3) is 28.5 Å². The number of fused-ring (bicyclic) bond motifs is 5. The molecular formula is C73H82ClN25O9S. The molecule has 109 heavy (non-hydrogen) atoms. The molecule has 0 radical (unpaired) electrons. The van der Waals surface area contributed by atoms with Gasteiger partial charge in [0.15, 0.2) is 56.5 Å². The van der Waals surface area contributed by atoms with Crippen LogP contribution in [0.2, 0.25) is 5.02 Å². The van der Waals surface area contributed by atoms with Crippen LogP contribution in [-0.4, -0.2) is 133 Å². The summed E-state index contributed by atoms with van der Waals surface area (Å²) < 4.78 is 15.8. The fraction of sp³-hybridized carbons (Fsp3) is 0.247. The van der Waals surface area contributed by atoms with Gasteiger partial charge in [0, 0.05) is 119 Å². The van der Waals surface area contributed by atoms with Crippen LogP contribution >= 0.6 is 22.9 Å². The van der Waals surface area contributed by atoms with Crippen molar-refractivity contribution in [2.24, 2.45) is 56.4 Å². The van der Waals surface area contributed by atoms with Crippen molar-refractivity contribution in [1.29, 1.82) is 0 Å². The summed E-state index contributed by atoms with van der Waals surface area (Å²) in [4.78, 5) is 135. The van der Waals surface area contributed by atoms with Gasteiger partial charge in [-0.3, -0.25) is 61.2 Å². The highest BCUT2D eigenvalue weighted by Crippen LogP contribution is 2.35. The van der Waals surface area contributed by atoms with Crippen LogP contribution in [0.5, 0.6) is 5.75 Å². The largest absolute Gasteiger partial charge is 0.497 e. The molecule has 0 aliphatic carbocycles. The van der Waals surface area contributed by atoms with Crippen LogP contribution in [0.15, 0.2) is 168 Å². The lowest BCUT2D eigenvalue weighted by Crippen LogP contribution is -2.40. The standard InChI is InChI=1S/C17H21N5O.C15H17N5O3.C15H17N5O.C14H14ClN5O2.C12H13N5O2S/c1-10-7-8-13(9-11(10)2)18-17-19-15-14(22(17)6)16(23)21(5)12(3)20(15)4;1-19-12-11(13(21)20(2)15(19)22)17-14(18-12)16-8-9-4-6-10(23-3)7-5-9;1-10-18(2)13-12(14(21)19(10)3)20(4)15(17-13)16-11-8-6-5-7-9-11;1-19-11-10(12(21)20(2)14(19)22)17-13(18-11)16-7-8-3-5-9(15)6-4-8;1-16-9-8(10(18)17(2)12(16)19)14-11(15-9)13-6-7-4-3-5-20-7/h7-9H,3H2,1-2,4-6H3,(H,18,19);4-7H,8H2,1-3H3,(H2,16,17,18);5-9H,1H2,2-4H3,(H,16,17);3-6H,7H2,1-2H3,(H2,16,17,18);3-5H,6H2,1-2H3,(H2,13,14,15). The minimum atomic E-state index is -0.409. The summed E-state index contributed by atoms with van der Waals surface area (Å²) in [6, 6.07) is 34.9. The highest BCUT2D eigenvalue weighted by atomic mass is 35.5. The number of benzene rings is 4. The van der Waals surface area contributed by atoms with Crippen molar-refractivity contribution in [3.05, 3.63) is 245 Å². The number of aromatic amines is 3. The van der Waals surface area contributed by atoms with Gasteiger partial charge in [0.05, 0.1) is 13.7 Å². The maximum Gasteiger partial charge on any atom is 0.332 e. The van der Waals surface area contributed by atoms with Gasteiger partial charge < -0.3 is 65.2 Å². The van der Waals surface area contributed by atoms with Gasteiger partial charge in [-0.1, -0.05) is 79.4 Å². The smallest absolute Gasteiger partial charge is 0.332 e. The lowest BCUT2D eigenvalue weighted by Gasteiger charge is -2.32. The highest BCUT2D eigenvalue weighted by molar-refractivity contribution is 7.09. The molecule has 8 N–H and O–H groups in total.